The van der Waals surface area contributed by atoms with Crippen LogP contribution in [-0.4, -0.2) is 31.9 Å². The van der Waals surface area contributed by atoms with E-state index in [1.807, 2.05) is 45.0 Å². The molecule has 0 aliphatic rings. The molecule has 3 aromatic heterocycles. The summed E-state index contributed by atoms with van der Waals surface area (Å²) in [5, 5.41) is 3.29. The summed E-state index contributed by atoms with van der Waals surface area (Å²) in [6.07, 6.45) is 2.18. The topological polar surface area (TPSA) is 128 Å². The number of ether oxygens (including phenoxy) is 1. The average Bonchev–Trinajstić information content (AvgIpc) is 3.38. The van der Waals surface area contributed by atoms with Crippen molar-refractivity contribution in [3.8, 4) is 5.88 Å². The predicted octanol–water partition coefficient (Wildman–Crippen LogP) is 3.75. The molecule has 0 aliphatic carbocycles. The molecule has 172 valence electrons. The van der Waals surface area contributed by atoms with Gasteiger partial charge in [0.1, 0.15) is 23.8 Å². The molecule has 4 N–H and O–H groups in total. The van der Waals surface area contributed by atoms with Crippen molar-refractivity contribution in [1.82, 2.24) is 19.9 Å². The van der Waals surface area contributed by atoms with Gasteiger partial charge in [-0.1, -0.05) is 19.1 Å². The number of benzene rings is 1. The number of para-hydroxylation sites is 1. The van der Waals surface area contributed by atoms with Gasteiger partial charge < -0.3 is 10.5 Å². The standard InChI is InChI=1S/C22H26N8OS2/c1-4-18(23)29-20(9-16-13(2)32-14(3)27-16)30(24)19-10-21(26-12-25-19)31-11-22-28-15-7-5-6-8-17(15)33-22/h5-8,10,12,18H,4,9,11,23-24H2,1-3H3. The number of aromatic nitrogens is 4. The van der Waals surface area contributed by atoms with E-state index in [0.717, 1.165) is 30.8 Å². The average molecular weight is 483 g/mol. The van der Waals surface area contributed by atoms with E-state index in [1.165, 1.54) is 11.3 Å². The second kappa shape index (κ2) is 10.3. The zero-order valence-corrected chi connectivity index (χ0v) is 20.4. The predicted molar refractivity (Wildman–Crippen MR) is 134 cm³/mol. The third-order valence-electron chi connectivity index (χ3n) is 4.89. The van der Waals surface area contributed by atoms with Crippen molar-refractivity contribution in [2.75, 3.05) is 5.01 Å². The first-order chi connectivity index (χ1) is 15.9. The van der Waals surface area contributed by atoms with Crippen LogP contribution in [0.15, 0.2) is 41.7 Å². The summed E-state index contributed by atoms with van der Waals surface area (Å²) in [5.74, 6) is 7.87. The molecular weight excluding hydrogens is 456 g/mol. The number of fused-ring (bicyclic) bond motifs is 1. The van der Waals surface area contributed by atoms with E-state index in [2.05, 4.69) is 24.9 Å². The highest BCUT2D eigenvalue weighted by atomic mass is 32.1. The number of hydrazine groups is 1. The van der Waals surface area contributed by atoms with Gasteiger partial charge in [-0.3, -0.25) is 4.99 Å². The third-order valence-corrected chi connectivity index (χ3v) is 6.83. The molecule has 0 saturated heterocycles. The molecule has 0 radical (unpaired) electrons. The van der Waals surface area contributed by atoms with Gasteiger partial charge in [-0.15, -0.1) is 22.7 Å². The summed E-state index contributed by atoms with van der Waals surface area (Å²) in [6.45, 7) is 6.30. The van der Waals surface area contributed by atoms with Crippen molar-refractivity contribution in [3.05, 3.63) is 57.2 Å². The maximum absolute atomic E-state index is 6.44. The minimum atomic E-state index is -0.373. The Morgan fingerprint density at radius 2 is 2.00 bits per heavy atom. The molecule has 0 spiro atoms. The fraction of sp³-hybridized carbons (Fsp3) is 0.318. The molecule has 3 heterocycles. The van der Waals surface area contributed by atoms with Crippen LogP contribution < -0.4 is 21.3 Å². The Kier molecular flexibility index (Phi) is 7.23. The second-order valence-electron chi connectivity index (χ2n) is 7.38. The Hall–Kier alpha value is -2.99. The van der Waals surface area contributed by atoms with Gasteiger partial charge in [-0.25, -0.2) is 30.8 Å². The minimum Gasteiger partial charge on any atom is -0.470 e. The number of aliphatic imine (C=N–C) groups is 1. The minimum absolute atomic E-state index is 0.305. The van der Waals surface area contributed by atoms with Crippen molar-refractivity contribution in [2.24, 2.45) is 16.6 Å². The molecule has 0 amide bonds. The molecule has 0 bridgehead atoms. The van der Waals surface area contributed by atoms with Crippen LogP contribution in [0.2, 0.25) is 0 Å². The van der Waals surface area contributed by atoms with Crippen LogP contribution in [0.3, 0.4) is 0 Å². The van der Waals surface area contributed by atoms with Crippen LogP contribution >= 0.6 is 22.7 Å². The molecule has 0 fully saturated rings. The zero-order chi connectivity index (χ0) is 23.4. The van der Waals surface area contributed by atoms with E-state index >= 15 is 0 Å². The van der Waals surface area contributed by atoms with Crippen LogP contribution in [0.1, 0.15) is 33.9 Å². The lowest BCUT2D eigenvalue weighted by molar-refractivity contribution is 0.293. The first-order valence-electron chi connectivity index (χ1n) is 10.5. The number of nitrogens with two attached hydrogens (primary N) is 2. The van der Waals surface area contributed by atoms with E-state index in [1.54, 1.807) is 28.7 Å². The molecule has 1 atom stereocenters. The van der Waals surface area contributed by atoms with Gasteiger partial charge in [0.05, 0.1) is 33.5 Å². The van der Waals surface area contributed by atoms with E-state index < -0.39 is 0 Å². The van der Waals surface area contributed by atoms with Crippen molar-refractivity contribution in [2.45, 2.75) is 46.4 Å². The molecule has 33 heavy (non-hydrogen) atoms. The third kappa shape index (κ3) is 5.69. The number of aryl methyl sites for hydroxylation is 2. The normalized spacial score (nSPS) is 12.8. The SMILES string of the molecule is CCC(N)N=C(Cc1nc(C)sc1C)N(N)c1cc(OCc2nc3ccccc3s2)ncn1. The van der Waals surface area contributed by atoms with Gasteiger partial charge in [0.2, 0.25) is 5.88 Å². The van der Waals surface area contributed by atoms with E-state index in [-0.39, 0.29) is 6.17 Å². The van der Waals surface area contributed by atoms with Gasteiger partial charge in [-0.2, -0.15) is 0 Å². The summed E-state index contributed by atoms with van der Waals surface area (Å²) in [6, 6.07) is 9.67. The van der Waals surface area contributed by atoms with E-state index in [0.29, 0.717) is 37.0 Å². The molecule has 0 aliphatic heterocycles. The zero-order valence-electron chi connectivity index (χ0n) is 18.7. The summed E-state index contributed by atoms with van der Waals surface area (Å²) < 4.78 is 6.99. The van der Waals surface area contributed by atoms with E-state index in [4.69, 9.17) is 16.3 Å². The summed E-state index contributed by atoms with van der Waals surface area (Å²) in [4.78, 5) is 23.5. The van der Waals surface area contributed by atoms with Crippen molar-refractivity contribution in [3.63, 3.8) is 0 Å². The fourth-order valence-electron chi connectivity index (χ4n) is 3.15. The Bertz CT molecular complexity index is 1240. The largest absolute Gasteiger partial charge is 0.470 e. The van der Waals surface area contributed by atoms with Gasteiger partial charge in [0.15, 0.2) is 5.82 Å². The highest BCUT2D eigenvalue weighted by molar-refractivity contribution is 7.18. The Morgan fingerprint density at radius 3 is 2.73 bits per heavy atom. The van der Waals surface area contributed by atoms with E-state index in [9.17, 15) is 0 Å². The van der Waals surface area contributed by atoms with Gasteiger partial charge in [0, 0.05) is 10.9 Å². The number of rotatable bonds is 8. The number of thiazole rings is 2. The van der Waals surface area contributed by atoms with Crippen molar-refractivity contribution in [1.29, 1.82) is 0 Å². The monoisotopic (exact) mass is 482 g/mol. The number of anilines is 1. The number of nitrogens with zero attached hydrogens (tertiary/aromatic N) is 6. The highest BCUT2D eigenvalue weighted by Gasteiger charge is 2.18. The smallest absolute Gasteiger partial charge is 0.218 e. The molecule has 4 rings (SSSR count). The summed E-state index contributed by atoms with van der Waals surface area (Å²) >= 11 is 3.24. The molecule has 4 aromatic rings. The Morgan fingerprint density at radius 1 is 1.18 bits per heavy atom. The van der Waals surface area contributed by atoms with Crippen LogP contribution in [0.25, 0.3) is 10.2 Å². The summed E-state index contributed by atoms with van der Waals surface area (Å²) in [5.41, 5.74) is 7.99. The molecule has 11 heteroatoms. The van der Waals surface area contributed by atoms with Crippen molar-refractivity contribution < 1.29 is 4.74 Å². The molecule has 9 nitrogen and oxygen atoms in total. The van der Waals surface area contributed by atoms with Crippen LogP contribution in [0, 0.1) is 13.8 Å². The molecular formula is C22H26N8OS2. The lowest BCUT2D eigenvalue weighted by atomic mass is 10.2. The van der Waals surface area contributed by atoms with Crippen LogP contribution in [0.5, 0.6) is 5.88 Å². The Labute approximate surface area is 200 Å². The van der Waals surface area contributed by atoms with Crippen molar-refractivity contribution >= 4 is 44.5 Å². The molecule has 1 aromatic carbocycles. The molecule has 0 saturated carbocycles. The maximum Gasteiger partial charge on any atom is 0.218 e. The van der Waals surface area contributed by atoms with Crippen LogP contribution in [0.4, 0.5) is 5.82 Å². The number of amidine groups is 1. The summed E-state index contributed by atoms with van der Waals surface area (Å²) in [7, 11) is 0. The van der Waals surface area contributed by atoms with Gasteiger partial charge >= 0.3 is 0 Å². The fourth-order valence-corrected chi connectivity index (χ4v) is 4.87. The van der Waals surface area contributed by atoms with Gasteiger partial charge in [-0.05, 0) is 32.4 Å². The number of hydrogen-bond acceptors (Lipinski definition) is 10. The quantitative estimate of drug-likeness (QED) is 0.168. The molecule has 1 unspecified atom stereocenters. The second-order valence-corrected chi connectivity index (χ2v) is 9.90. The Balaban J connectivity index is 1.52. The highest BCUT2D eigenvalue weighted by Crippen LogP contribution is 2.24. The lowest BCUT2D eigenvalue weighted by Gasteiger charge is -2.21. The van der Waals surface area contributed by atoms with Gasteiger partial charge in [0.25, 0.3) is 0 Å². The maximum atomic E-state index is 6.44. The first-order valence-corrected chi connectivity index (χ1v) is 12.2. The first kappa shape index (κ1) is 23.2. The lowest BCUT2D eigenvalue weighted by Crippen LogP contribution is -2.41. The number of hydrogen-bond donors (Lipinski definition) is 2. The van der Waals surface area contributed by atoms with Crippen LogP contribution in [-0.2, 0) is 13.0 Å².